The van der Waals surface area contributed by atoms with Gasteiger partial charge in [0.1, 0.15) is 5.82 Å². The topological polar surface area (TPSA) is 76.1 Å². The maximum Gasteiger partial charge on any atom is 0.230 e. The monoisotopic (exact) mass is 382 g/mol. The van der Waals surface area contributed by atoms with E-state index in [0.717, 1.165) is 29.4 Å². The molecule has 3 rings (SSSR count). The summed E-state index contributed by atoms with van der Waals surface area (Å²) < 4.78 is 19.1. The van der Waals surface area contributed by atoms with Crippen LogP contribution in [0.3, 0.4) is 0 Å². The third-order valence-electron chi connectivity index (χ3n) is 3.64. The van der Waals surface area contributed by atoms with E-state index in [4.69, 9.17) is 4.74 Å². The lowest BCUT2D eigenvalue weighted by molar-refractivity contribution is -0.119. The molecule has 0 bridgehead atoms. The molecule has 2 aromatic rings. The van der Waals surface area contributed by atoms with Gasteiger partial charge in [0, 0.05) is 19.7 Å². The van der Waals surface area contributed by atoms with Crippen molar-refractivity contribution in [2.45, 2.75) is 29.8 Å². The Morgan fingerprint density at radius 1 is 1.36 bits per heavy atom. The van der Waals surface area contributed by atoms with E-state index in [-0.39, 0.29) is 17.8 Å². The van der Waals surface area contributed by atoms with Crippen LogP contribution in [-0.4, -0.2) is 41.1 Å². The zero-order chi connectivity index (χ0) is 17.5. The quantitative estimate of drug-likeness (QED) is 0.684. The van der Waals surface area contributed by atoms with Crippen LogP contribution in [0.15, 0.2) is 28.6 Å². The summed E-state index contributed by atoms with van der Waals surface area (Å²) in [6.07, 6.45) is 2.22. The summed E-state index contributed by atoms with van der Waals surface area (Å²) in [5.41, 5.74) is 0.958. The minimum absolute atomic E-state index is 0.0310. The summed E-state index contributed by atoms with van der Waals surface area (Å²) in [5.74, 6) is 0.0203. The number of rotatable bonds is 8. The molecule has 1 aliphatic heterocycles. The standard InChI is InChI=1S/C16H19FN4O2S2/c17-12-5-3-11(4-6-12)8-19-15-20-21-16(25-15)24-10-14(22)18-9-13-2-1-7-23-13/h3-6,13H,1-2,7-10H2,(H,18,22)(H,19,20). The lowest BCUT2D eigenvalue weighted by Crippen LogP contribution is -2.32. The Hall–Kier alpha value is -1.71. The van der Waals surface area contributed by atoms with Gasteiger partial charge in [0.15, 0.2) is 4.34 Å². The Bertz CT molecular complexity index is 690. The van der Waals surface area contributed by atoms with Gasteiger partial charge in [-0.25, -0.2) is 4.39 Å². The van der Waals surface area contributed by atoms with Gasteiger partial charge in [-0.2, -0.15) is 0 Å². The smallest absolute Gasteiger partial charge is 0.230 e. The highest BCUT2D eigenvalue weighted by Gasteiger charge is 2.16. The lowest BCUT2D eigenvalue weighted by atomic mass is 10.2. The highest BCUT2D eigenvalue weighted by Crippen LogP contribution is 2.25. The molecule has 25 heavy (non-hydrogen) atoms. The van der Waals surface area contributed by atoms with Gasteiger partial charge in [-0.3, -0.25) is 4.79 Å². The van der Waals surface area contributed by atoms with Gasteiger partial charge in [0.25, 0.3) is 0 Å². The van der Waals surface area contributed by atoms with Crippen molar-refractivity contribution in [2.24, 2.45) is 0 Å². The van der Waals surface area contributed by atoms with Crippen molar-refractivity contribution < 1.29 is 13.9 Å². The van der Waals surface area contributed by atoms with E-state index in [9.17, 15) is 9.18 Å². The number of carbonyl (C=O) groups is 1. The molecule has 6 nitrogen and oxygen atoms in total. The molecule has 0 radical (unpaired) electrons. The molecule has 0 aliphatic carbocycles. The molecule has 1 saturated heterocycles. The number of anilines is 1. The van der Waals surface area contributed by atoms with Crippen molar-refractivity contribution in [3.63, 3.8) is 0 Å². The van der Waals surface area contributed by atoms with Crippen LogP contribution in [0.2, 0.25) is 0 Å². The van der Waals surface area contributed by atoms with Crippen molar-refractivity contribution in [2.75, 3.05) is 24.2 Å². The van der Waals surface area contributed by atoms with Gasteiger partial charge < -0.3 is 15.4 Å². The molecule has 1 unspecified atom stereocenters. The number of ether oxygens (including phenoxy) is 1. The second-order valence-electron chi connectivity index (χ2n) is 5.58. The molecule has 1 aromatic carbocycles. The van der Waals surface area contributed by atoms with Gasteiger partial charge in [0.2, 0.25) is 11.0 Å². The third kappa shape index (κ3) is 5.94. The van der Waals surface area contributed by atoms with E-state index in [1.165, 1.54) is 35.2 Å². The number of aromatic nitrogens is 2. The minimum atomic E-state index is -0.254. The van der Waals surface area contributed by atoms with E-state index >= 15 is 0 Å². The number of nitrogens with one attached hydrogen (secondary N) is 2. The van der Waals surface area contributed by atoms with Crippen LogP contribution in [0.25, 0.3) is 0 Å². The Labute approximate surface area is 153 Å². The molecule has 1 atom stereocenters. The van der Waals surface area contributed by atoms with E-state index < -0.39 is 0 Å². The Balaban J connectivity index is 1.37. The number of carbonyl (C=O) groups excluding carboxylic acids is 1. The first-order valence-electron chi connectivity index (χ1n) is 8.02. The Morgan fingerprint density at radius 2 is 2.20 bits per heavy atom. The normalized spacial score (nSPS) is 16.8. The summed E-state index contributed by atoms with van der Waals surface area (Å²) in [6.45, 7) is 1.90. The van der Waals surface area contributed by atoms with E-state index in [1.54, 1.807) is 12.1 Å². The van der Waals surface area contributed by atoms with Crippen molar-refractivity contribution in [3.8, 4) is 0 Å². The zero-order valence-corrected chi connectivity index (χ0v) is 15.2. The van der Waals surface area contributed by atoms with E-state index in [1.807, 2.05) is 0 Å². The molecule has 2 N–H and O–H groups in total. The van der Waals surface area contributed by atoms with Gasteiger partial charge in [-0.05, 0) is 30.5 Å². The first-order chi connectivity index (χ1) is 12.2. The number of hydrogen-bond acceptors (Lipinski definition) is 7. The number of halogens is 1. The number of amides is 1. The highest BCUT2D eigenvalue weighted by molar-refractivity contribution is 8.01. The number of nitrogens with zero attached hydrogens (tertiary/aromatic N) is 2. The lowest BCUT2D eigenvalue weighted by Gasteiger charge is -2.09. The number of thioether (sulfide) groups is 1. The molecular weight excluding hydrogens is 363 g/mol. The van der Waals surface area contributed by atoms with Crippen LogP contribution in [0.1, 0.15) is 18.4 Å². The van der Waals surface area contributed by atoms with Gasteiger partial charge in [-0.1, -0.05) is 35.2 Å². The summed E-state index contributed by atoms with van der Waals surface area (Å²) in [5, 5.41) is 14.8. The van der Waals surface area contributed by atoms with Crippen LogP contribution in [-0.2, 0) is 16.1 Å². The average Bonchev–Trinajstić information content (AvgIpc) is 3.29. The molecule has 134 valence electrons. The molecule has 2 heterocycles. The van der Waals surface area contributed by atoms with Crippen molar-refractivity contribution in [1.29, 1.82) is 0 Å². The third-order valence-corrected chi connectivity index (χ3v) is 5.66. The Morgan fingerprint density at radius 3 is 2.96 bits per heavy atom. The van der Waals surface area contributed by atoms with Crippen molar-refractivity contribution in [3.05, 3.63) is 35.6 Å². The molecular formula is C16H19FN4O2S2. The van der Waals surface area contributed by atoms with Crippen molar-refractivity contribution >= 4 is 34.1 Å². The summed E-state index contributed by atoms with van der Waals surface area (Å²) in [6, 6.07) is 6.29. The summed E-state index contributed by atoms with van der Waals surface area (Å²) in [7, 11) is 0. The van der Waals surface area contributed by atoms with E-state index in [0.29, 0.717) is 24.0 Å². The van der Waals surface area contributed by atoms with Gasteiger partial charge >= 0.3 is 0 Å². The van der Waals surface area contributed by atoms with E-state index in [2.05, 4.69) is 20.8 Å². The fraction of sp³-hybridized carbons (Fsp3) is 0.438. The predicted octanol–water partition coefficient (Wildman–Crippen LogP) is 2.68. The first kappa shape index (κ1) is 18.1. The predicted molar refractivity (Wildman–Crippen MR) is 96.3 cm³/mol. The van der Waals surface area contributed by atoms with Crippen LogP contribution in [0, 0.1) is 5.82 Å². The second-order valence-corrected chi connectivity index (χ2v) is 7.78. The largest absolute Gasteiger partial charge is 0.376 e. The van der Waals surface area contributed by atoms with Crippen LogP contribution < -0.4 is 10.6 Å². The first-order valence-corrected chi connectivity index (χ1v) is 9.82. The average molecular weight is 382 g/mol. The van der Waals surface area contributed by atoms with Crippen LogP contribution in [0.5, 0.6) is 0 Å². The number of benzene rings is 1. The summed E-state index contributed by atoms with van der Waals surface area (Å²) >= 11 is 2.75. The molecule has 1 aliphatic rings. The maximum atomic E-state index is 12.9. The fourth-order valence-electron chi connectivity index (χ4n) is 2.33. The van der Waals surface area contributed by atoms with Gasteiger partial charge in [0.05, 0.1) is 11.9 Å². The SMILES string of the molecule is O=C(CSc1nnc(NCc2ccc(F)cc2)s1)NCC1CCCO1. The molecule has 0 spiro atoms. The Kier molecular flexibility index (Phi) is 6.60. The molecule has 1 amide bonds. The molecule has 0 saturated carbocycles. The number of hydrogen-bond donors (Lipinski definition) is 2. The fourth-order valence-corrected chi connectivity index (χ4v) is 3.91. The van der Waals surface area contributed by atoms with Gasteiger partial charge in [-0.15, -0.1) is 10.2 Å². The maximum absolute atomic E-state index is 12.9. The highest BCUT2D eigenvalue weighted by atomic mass is 32.2. The summed E-state index contributed by atoms with van der Waals surface area (Å²) in [4.78, 5) is 11.8. The second kappa shape index (κ2) is 9.12. The minimum Gasteiger partial charge on any atom is -0.376 e. The molecule has 1 fully saturated rings. The zero-order valence-electron chi connectivity index (χ0n) is 13.5. The molecule has 1 aromatic heterocycles. The van der Waals surface area contributed by atoms with Crippen LogP contribution in [0.4, 0.5) is 9.52 Å². The molecule has 9 heteroatoms. The van der Waals surface area contributed by atoms with Crippen molar-refractivity contribution in [1.82, 2.24) is 15.5 Å². The van der Waals surface area contributed by atoms with Crippen LogP contribution >= 0.6 is 23.1 Å².